The third-order valence-corrected chi connectivity index (χ3v) is 4.13. The molecule has 0 aliphatic heterocycles. The Kier molecular flexibility index (Phi) is 4.33. The van der Waals surface area contributed by atoms with E-state index in [0.717, 1.165) is 12.5 Å². The SMILES string of the molecule is C1CCC(CCCNc2nnc(CNC3CC3)o2)C1. The Balaban J connectivity index is 1.30. The monoisotopic (exact) mass is 264 g/mol. The van der Waals surface area contributed by atoms with Crippen LogP contribution < -0.4 is 10.6 Å². The molecule has 2 aliphatic carbocycles. The molecule has 2 aliphatic rings. The molecule has 3 rings (SSSR count). The lowest BCUT2D eigenvalue weighted by Crippen LogP contribution is -2.15. The van der Waals surface area contributed by atoms with Gasteiger partial charge in [0, 0.05) is 12.6 Å². The van der Waals surface area contributed by atoms with Crippen LogP contribution in [0.5, 0.6) is 0 Å². The van der Waals surface area contributed by atoms with Crippen LogP contribution in [-0.2, 0) is 6.54 Å². The fraction of sp³-hybridized carbons (Fsp3) is 0.857. The molecule has 0 saturated heterocycles. The summed E-state index contributed by atoms with van der Waals surface area (Å²) >= 11 is 0. The van der Waals surface area contributed by atoms with Gasteiger partial charge in [0.15, 0.2) is 0 Å². The Morgan fingerprint density at radius 1 is 1.11 bits per heavy atom. The fourth-order valence-corrected chi connectivity index (χ4v) is 2.80. The van der Waals surface area contributed by atoms with Gasteiger partial charge < -0.3 is 15.1 Å². The smallest absolute Gasteiger partial charge is 0.315 e. The molecular formula is C14H24N4O. The maximum Gasteiger partial charge on any atom is 0.315 e. The molecule has 1 heterocycles. The first-order chi connectivity index (χ1) is 9.40. The Morgan fingerprint density at radius 2 is 1.95 bits per heavy atom. The minimum atomic E-state index is 0.569. The van der Waals surface area contributed by atoms with E-state index >= 15 is 0 Å². The zero-order valence-electron chi connectivity index (χ0n) is 11.5. The highest BCUT2D eigenvalue weighted by Crippen LogP contribution is 2.28. The Labute approximate surface area is 114 Å². The fourth-order valence-electron chi connectivity index (χ4n) is 2.80. The summed E-state index contributed by atoms with van der Waals surface area (Å²) in [6.07, 6.45) is 10.8. The number of nitrogens with one attached hydrogen (secondary N) is 2. The molecule has 5 heteroatoms. The molecule has 2 saturated carbocycles. The van der Waals surface area contributed by atoms with Gasteiger partial charge in [0.1, 0.15) is 0 Å². The lowest BCUT2D eigenvalue weighted by Gasteiger charge is -2.07. The van der Waals surface area contributed by atoms with Crippen molar-refractivity contribution < 1.29 is 4.42 Å². The summed E-state index contributed by atoms with van der Waals surface area (Å²) in [7, 11) is 0. The minimum Gasteiger partial charge on any atom is -0.407 e. The van der Waals surface area contributed by atoms with E-state index < -0.39 is 0 Å². The summed E-state index contributed by atoms with van der Waals surface area (Å²) in [5.41, 5.74) is 0. The van der Waals surface area contributed by atoms with E-state index in [4.69, 9.17) is 4.42 Å². The molecule has 0 atom stereocenters. The number of aromatic nitrogens is 2. The molecule has 2 fully saturated rings. The van der Waals surface area contributed by atoms with Crippen LogP contribution >= 0.6 is 0 Å². The average Bonchev–Trinajstić information content (AvgIpc) is 2.91. The first kappa shape index (κ1) is 12.9. The molecule has 2 N–H and O–H groups in total. The Hall–Kier alpha value is -1.10. The molecule has 1 aromatic heterocycles. The summed E-state index contributed by atoms with van der Waals surface area (Å²) in [5, 5.41) is 14.6. The third-order valence-electron chi connectivity index (χ3n) is 4.13. The zero-order valence-corrected chi connectivity index (χ0v) is 11.5. The van der Waals surface area contributed by atoms with Crippen molar-refractivity contribution in [1.29, 1.82) is 0 Å². The van der Waals surface area contributed by atoms with Crippen LogP contribution in [0.2, 0.25) is 0 Å². The number of hydrogen-bond donors (Lipinski definition) is 2. The number of rotatable bonds is 8. The second kappa shape index (κ2) is 6.37. The predicted octanol–water partition coefficient (Wildman–Crippen LogP) is 2.70. The topological polar surface area (TPSA) is 63.0 Å². The highest BCUT2D eigenvalue weighted by atomic mass is 16.4. The van der Waals surface area contributed by atoms with Gasteiger partial charge in [-0.25, -0.2) is 0 Å². The van der Waals surface area contributed by atoms with Crippen LogP contribution in [0.4, 0.5) is 6.01 Å². The molecule has 0 amide bonds. The quantitative estimate of drug-likeness (QED) is 0.707. The van der Waals surface area contributed by atoms with Crippen molar-refractivity contribution in [1.82, 2.24) is 15.5 Å². The van der Waals surface area contributed by atoms with Crippen molar-refractivity contribution in [3.8, 4) is 0 Å². The van der Waals surface area contributed by atoms with E-state index in [1.54, 1.807) is 0 Å². The highest BCUT2D eigenvalue weighted by molar-refractivity contribution is 5.16. The lowest BCUT2D eigenvalue weighted by atomic mass is 10.0. The van der Waals surface area contributed by atoms with Gasteiger partial charge in [0.25, 0.3) is 0 Å². The van der Waals surface area contributed by atoms with Gasteiger partial charge in [-0.1, -0.05) is 30.8 Å². The molecular weight excluding hydrogens is 240 g/mol. The molecule has 19 heavy (non-hydrogen) atoms. The van der Waals surface area contributed by atoms with E-state index in [9.17, 15) is 0 Å². The number of hydrogen-bond acceptors (Lipinski definition) is 5. The van der Waals surface area contributed by atoms with Crippen molar-refractivity contribution in [3.63, 3.8) is 0 Å². The van der Waals surface area contributed by atoms with Crippen LogP contribution in [-0.4, -0.2) is 22.8 Å². The molecule has 0 spiro atoms. The van der Waals surface area contributed by atoms with Crippen molar-refractivity contribution in [2.24, 2.45) is 5.92 Å². The Morgan fingerprint density at radius 3 is 2.74 bits per heavy atom. The molecule has 0 unspecified atom stereocenters. The maximum atomic E-state index is 5.54. The lowest BCUT2D eigenvalue weighted by molar-refractivity contribution is 0.468. The van der Waals surface area contributed by atoms with E-state index in [0.29, 0.717) is 24.5 Å². The maximum absolute atomic E-state index is 5.54. The van der Waals surface area contributed by atoms with Crippen LogP contribution in [0.15, 0.2) is 4.42 Å². The summed E-state index contributed by atoms with van der Waals surface area (Å²) < 4.78 is 5.54. The normalized spacial score (nSPS) is 20.0. The molecule has 0 bridgehead atoms. The van der Waals surface area contributed by atoms with E-state index in [1.165, 1.54) is 51.4 Å². The molecule has 1 aromatic rings. The molecule has 106 valence electrons. The van der Waals surface area contributed by atoms with Crippen LogP contribution in [0.25, 0.3) is 0 Å². The first-order valence-electron chi connectivity index (χ1n) is 7.70. The molecule has 5 nitrogen and oxygen atoms in total. The van der Waals surface area contributed by atoms with E-state index in [1.807, 2.05) is 0 Å². The minimum absolute atomic E-state index is 0.569. The second-order valence-corrected chi connectivity index (χ2v) is 5.88. The summed E-state index contributed by atoms with van der Waals surface area (Å²) in [5.74, 6) is 1.65. The molecule has 0 radical (unpaired) electrons. The summed E-state index contributed by atoms with van der Waals surface area (Å²) in [4.78, 5) is 0. The third kappa shape index (κ3) is 4.20. The molecule has 0 aromatic carbocycles. The van der Waals surface area contributed by atoms with Crippen LogP contribution in [0, 0.1) is 5.92 Å². The van der Waals surface area contributed by atoms with Gasteiger partial charge in [-0.15, -0.1) is 5.10 Å². The van der Waals surface area contributed by atoms with E-state index in [2.05, 4.69) is 20.8 Å². The highest BCUT2D eigenvalue weighted by Gasteiger charge is 2.21. The van der Waals surface area contributed by atoms with Gasteiger partial charge >= 0.3 is 6.01 Å². The van der Waals surface area contributed by atoms with Crippen LogP contribution in [0.3, 0.4) is 0 Å². The second-order valence-electron chi connectivity index (χ2n) is 5.88. The Bertz CT molecular complexity index is 383. The van der Waals surface area contributed by atoms with Gasteiger partial charge in [-0.05, 0) is 31.6 Å². The van der Waals surface area contributed by atoms with Crippen molar-refractivity contribution in [2.45, 2.75) is 64.0 Å². The number of nitrogens with zero attached hydrogens (tertiary/aromatic N) is 2. The van der Waals surface area contributed by atoms with E-state index in [-0.39, 0.29) is 0 Å². The summed E-state index contributed by atoms with van der Waals surface area (Å²) in [6, 6.07) is 1.24. The van der Waals surface area contributed by atoms with Crippen molar-refractivity contribution in [2.75, 3.05) is 11.9 Å². The van der Waals surface area contributed by atoms with Gasteiger partial charge in [0.05, 0.1) is 6.54 Å². The van der Waals surface area contributed by atoms with Gasteiger partial charge in [0.2, 0.25) is 5.89 Å². The number of anilines is 1. The summed E-state index contributed by atoms with van der Waals surface area (Å²) in [6.45, 7) is 1.63. The van der Waals surface area contributed by atoms with Gasteiger partial charge in [-0.3, -0.25) is 0 Å². The largest absolute Gasteiger partial charge is 0.407 e. The van der Waals surface area contributed by atoms with Crippen molar-refractivity contribution in [3.05, 3.63) is 5.89 Å². The zero-order chi connectivity index (χ0) is 12.9. The van der Waals surface area contributed by atoms with Crippen LogP contribution in [0.1, 0.15) is 57.3 Å². The van der Waals surface area contributed by atoms with Crippen molar-refractivity contribution >= 4 is 6.01 Å². The predicted molar refractivity (Wildman–Crippen MR) is 73.8 cm³/mol. The van der Waals surface area contributed by atoms with Gasteiger partial charge in [-0.2, -0.15) is 0 Å². The first-order valence-corrected chi connectivity index (χ1v) is 7.70. The average molecular weight is 264 g/mol. The standard InChI is InChI=1S/C14H24N4O/c1-2-5-11(4-1)6-3-9-15-14-18-17-13(19-14)10-16-12-7-8-12/h11-12,16H,1-10H2,(H,15,18).